The van der Waals surface area contributed by atoms with Crippen LogP contribution in [0.5, 0.6) is 0 Å². The molecule has 0 bridgehead atoms. The minimum Gasteiger partial charge on any atom is -0.395 e. The molecule has 0 aliphatic heterocycles. The van der Waals surface area contributed by atoms with Gasteiger partial charge in [-0.25, -0.2) is 4.57 Å². The fourth-order valence-corrected chi connectivity index (χ4v) is 2.62. The molecule has 0 heterocycles. The molecule has 0 spiro atoms. The Balaban J connectivity index is -0.000000443. The van der Waals surface area contributed by atoms with Gasteiger partial charge < -0.3 is 39.8 Å². The number of unbranched alkanes of at least 4 members (excludes halogenated alkanes) is 9. The standard InChI is InChI=1S/C14H30O2.C6H15NO3.H3O4P/c1-2-3-4-5-6-7-8-9-10-11-13-16-14-12-15;8-4-1-7(2-5-9)3-6-10;1-5(2,3)4/h15H,2-14H2,1H3;8-10H,1-6H2;(H3,1,2,3,4). The van der Waals surface area contributed by atoms with Crippen LogP contribution >= 0.6 is 7.82 Å². The molecule has 0 aliphatic rings. The molecule has 0 radical (unpaired) electrons. The Hall–Kier alpha value is -0.130. The summed E-state index contributed by atoms with van der Waals surface area (Å²) in [4.78, 5) is 23.4. The van der Waals surface area contributed by atoms with E-state index in [0.29, 0.717) is 26.2 Å². The molecule has 0 atom stereocenters. The van der Waals surface area contributed by atoms with E-state index < -0.39 is 7.82 Å². The molecule has 0 fully saturated rings. The van der Waals surface area contributed by atoms with Crippen molar-refractivity contribution in [1.82, 2.24) is 4.90 Å². The average Bonchev–Trinajstić information content (AvgIpc) is 2.69. The minimum atomic E-state index is -4.64. The van der Waals surface area contributed by atoms with Crippen molar-refractivity contribution in [1.29, 1.82) is 0 Å². The van der Waals surface area contributed by atoms with Crippen molar-refractivity contribution in [3.8, 4) is 0 Å². The van der Waals surface area contributed by atoms with Crippen molar-refractivity contribution in [2.45, 2.75) is 71.1 Å². The summed E-state index contributed by atoms with van der Waals surface area (Å²) in [7, 11) is -4.64. The number of rotatable bonds is 19. The number of hydrogen-bond acceptors (Lipinski definition) is 7. The molecular weight excluding hydrogens is 429 g/mol. The maximum atomic E-state index is 8.88. The van der Waals surface area contributed by atoms with Crippen LogP contribution in [0, 0.1) is 0 Å². The van der Waals surface area contributed by atoms with Gasteiger partial charge >= 0.3 is 7.82 Å². The fourth-order valence-electron chi connectivity index (χ4n) is 2.62. The third-order valence-electron chi connectivity index (χ3n) is 4.13. The molecule has 0 aromatic carbocycles. The summed E-state index contributed by atoms with van der Waals surface area (Å²) in [6.07, 6.45) is 13.6. The van der Waals surface area contributed by atoms with Crippen LogP contribution in [0.3, 0.4) is 0 Å². The van der Waals surface area contributed by atoms with Crippen LogP contribution in [0.15, 0.2) is 0 Å². The van der Waals surface area contributed by atoms with Crippen LogP contribution < -0.4 is 0 Å². The van der Waals surface area contributed by atoms with Crippen LogP contribution in [-0.2, 0) is 9.30 Å². The Labute approximate surface area is 188 Å². The highest BCUT2D eigenvalue weighted by molar-refractivity contribution is 7.45. The second-order valence-electron chi connectivity index (χ2n) is 7.04. The largest absolute Gasteiger partial charge is 0.466 e. The van der Waals surface area contributed by atoms with Crippen LogP contribution in [0.25, 0.3) is 0 Å². The highest BCUT2D eigenvalue weighted by Crippen LogP contribution is 2.25. The SMILES string of the molecule is CCCCCCCCCCCCOCCO.O=P(O)(O)O.OCCN(CCO)CCO. The van der Waals surface area contributed by atoms with E-state index in [-0.39, 0.29) is 26.4 Å². The molecular formula is C20H48NO9P. The van der Waals surface area contributed by atoms with Crippen molar-refractivity contribution in [3.63, 3.8) is 0 Å². The maximum absolute atomic E-state index is 8.88. The first-order valence-electron chi connectivity index (χ1n) is 11.3. The molecule has 0 saturated carbocycles. The Bertz CT molecular complexity index is 323. The summed E-state index contributed by atoms with van der Waals surface area (Å²) < 4.78 is 14.1. The van der Waals surface area contributed by atoms with E-state index in [1.807, 2.05) is 0 Å². The summed E-state index contributed by atoms with van der Waals surface area (Å²) in [5.41, 5.74) is 0. The Morgan fingerprint density at radius 2 is 0.968 bits per heavy atom. The van der Waals surface area contributed by atoms with E-state index in [1.165, 1.54) is 57.8 Å². The Morgan fingerprint density at radius 1 is 0.613 bits per heavy atom. The van der Waals surface area contributed by atoms with Crippen molar-refractivity contribution < 1.29 is 44.4 Å². The molecule has 31 heavy (non-hydrogen) atoms. The van der Waals surface area contributed by atoms with Gasteiger partial charge in [0.1, 0.15) is 0 Å². The highest BCUT2D eigenvalue weighted by Gasteiger charge is 2.00. The van der Waals surface area contributed by atoms with Crippen LogP contribution in [0.4, 0.5) is 0 Å². The quantitative estimate of drug-likeness (QED) is 0.106. The number of ether oxygens (including phenoxy) is 1. The van der Waals surface area contributed by atoms with Crippen molar-refractivity contribution in [2.75, 3.05) is 59.3 Å². The van der Waals surface area contributed by atoms with Crippen LogP contribution in [-0.4, -0.2) is 99.3 Å². The van der Waals surface area contributed by atoms with Crippen LogP contribution in [0.2, 0.25) is 0 Å². The normalized spacial score (nSPS) is 11.0. The predicted octanol–water partition coefficient (Wildman–Crippen LogP) is 1.25. The van der Waals surface area contributed by atoms with Crippen molar-refractivity contribution >= 4 is 7.82 Å². The van der Waals surface area contributed by atoms with Crippen LogP contribution in [0.1, 0.15) is 71.1 Å². The Kier molecular flexibility index (Phi) is 34.2. The summed E-state index contributed by atoms with van der Waals surface area (Å²) >= 11 is 0. The van der Waals surface area contributed by atoms with Gasteiger partial charge in [-0.2, -0.15) is 0 Å². The molecule has 11 heteroatoms. The number of aliphatic hydroxyl groups excluding tert-OH is 4. The van der Waals surface area contributed by atoms with E-state index in [1.54, 1.807) is 4.90 Å². The van der Waals surface area contributed by atoms with Gasteiger partial charge in [0.15, 0.2) is 0 Å². The second-order valence-corrected chi connectivity index (χ2v) is 8.07. The molecule has 10 nitrogen and oxygen atoms in total. The summed E-state index contributed by atoms with van der Waals surface area (Å²) in [5.74, 6) is 0. The van der Waals surface area contributed by atoms with Gasteiger partial charge in [-0.1, -0.05) is 64.7 Å². The summed E-state index contributed by atoms with van der Waals surface area (Å²) in [6, 6.07) is 0. The molecule has 0 aliphatic carbocycles. The lowest BCUT2D eigenvalue weighted by Crippen LogP contribution is -2.32. The van der Waals surface area contributed by atoms with E-state index in [4.69, 9.17) is 44.4 Å². The number of aliphatic hydroxyl groups is 4. The first-order valence-corrected chi connectivity index (χ1v) is 12.8. The van der Waals surface area contributed by atoms with Crippen molar-refractivity contribution in [2.24, 2.45) is 0 Å². The van der Waals surface area contributed by atoms with E-state index >= 15 is 0 Å². The molecule has 0 aromatic heterocycles. The third kappa shape index (κ3) is 48.5. The van der Waals surface area contributed by atoms with Gasteiger partial charge in [0.25, 0.3) is 0 Å². The van der Waals surface area contributed by atoms with Gasteiger partial charge in [-0.3, -0.25) is 4.90 Å². The summed E-state index contributed by atoms with van der Waals surface area (Å²) in [5, 5.41) is 34.0. The highest BCUT2D eigenvalue weighted by atomic mass is 31.2. The zero-order valence-electron chi connectivity index (χ0n) is 19.3. The van der Waals surface area contributed by atoms with E-state index in [9.17, 15) is 0 Å². The monoisotopic (exact) mass is 477 g/mol. The first kappa shape index (κ1) is 35.5. The zero-order chi connectivity index (χ0) is 24.2. The van der Waals surface area contributed by atoms with E-state index in [2.05, 4.69) is 6.92 Å². The van der Waals surface area contributed by atoms with Gasteiger partial charge in [0.05, 0.1) is 33.0 Å². The molecule has 0 unspecified atom stereocenters. The molecule has 7 N–H and O–H groups in total. The third-order valence-corrected chi connectivity index (χ3v) is 4.13. The molecule has 0 saturated heterocycles. The zero-order valence-corrected chi connectivity index (χ0v) is 20.2. The van der Waals surface area contributed by atoms with Crippen molar-refractivity contribution in [3.05, 3.63) is 0 Å². The Morgan fingerprint density at radius 3 is 1.29 bits per heavy atom. The number of phosphoric acid groups is 1. The lowest BCUT2D eigenvalue weighted by atomic mass is 10.1. The second kappa shape index (κ2) is 29.9. The molecule has 0 aromatic rings. The van der Waals surface area contributed by atoms with E-state index in [0.717, 1.165) is 13.0 Å². The summed E-state index contributed by atoms with van der Waals surface area (Å²) in [6.45, 7) is 5.48. The first-order chi connectivity index (χ1) is 14.8. The van der Waals surface area contributed by atoms with Gasteiger partial charge in [-0.05, 0) is 6.42 Å². The smallest absolute Gasteiger partial charge is 0.395 e. The van der Waals surface area contributed by atoms with Gasteiger partial charge in [0.2, 0.25) is 0 Å². The lowest BCUT2D eigenvalue weighted by Gasteiger charge is -2.17. The predicted molar refractivity (Wildman–Crippen MR) is 122 cm³/mol. The molecule has 0 rings (SSSR count). The minimum absolute atomic E-state index is 0.0694. The fraction of sp³-hybridized carbons (Fsp3) is 1.00. The average molecular weight is 478 g/mol. The maximum Gasteiger partial charge on any atom is 0.466 e. The molecule has 0 amide bonds. The molecule has 192 valence electrons. The van der Waals surface area contributed by atoms with Gasteiger partial charge in [-0.15, -0.1) is 0 Å². The number of nitrogens with zero attached hydrogens (tertiary/aromatic N) is 1. The topological polar surface area (TPSA) is 171 Å². The lowest BCUT2D eigenvalue weighted by molar-refractivity contribution is 0.0895. The number of hydrogen-bond donors (Lipinski definition) is 7. The van der Waals surface area contributed by atoms with Gasteiger partial charge in [0, 0.05) is 26.2 Å².